The number of amides is 3. The maximum atomic E-state index is 13.4. The number of hydrogen-bond acceptors (Lipinski definition) is 6. The van der Waals surface area contributed by atoms with Gasteiger partial charge in [-0.1, -0.05) is 82.2 Å². The van der Waals surface area contributed by atoms with Crippen LogP contribution in [0.15, 0.2) is 118 Å². The second kappa shape index (κ2) is 15.0. The van der Waals surface area contributed by atoms with Crippen molar-refractivity contribution in [1.82, 2.24) is 10.3 Å². The van der Waals surface area contributed by atoms with Crippen LogP contribution in [0.3, 0.4) is 0 Å². The Kier molecular flexibility index (Phi) is 10.6. The smallest absolute Gasteiger partial charge is 0.272 e. The van der Waals surface area contributed by atoms with Crippen LogP contribution in [0, 0.1) is 13.8 Å². The number of thioether (sulfide) groups is 1. The molecule has 45 heavy (non-hydrogen) atoms. The molecule has 0 atom stereocenters. The Morgan fingerprint density at radius 1 is 0.867 bits per heavy atom. The highest BCUT2D eigenvalue weighted by Crippen LogP contribution is 2.31. The topological polar surface area (TPSA) is 100 Å². The molecule has 4 aromatic carbocycles. The number of nitrogens with one attached hydrogen (secondary N) is 3. The van der Waals surface area contributed by atoms with Crippen molar-refractivity contribution in [1.29, 1.82) is 0 Å². The van der Waals surface area contributed by atoms with Crippen LogP contribution in [0.2, 0.25) is 0 Å². The third-order valence-corrected chi connectivity index (χ3v) is 8.95. The van der Waals surface area contributed by atoms with Crippen LogP contribution in [0.25, 0.3) is 17.3 Å². The zero-order chi connectivity index (χ0) is 31.8. The fourth-order valence-electron chi connectivity index (χ4n) is 4.26. The maximum Gasteiger partial charge on any atom is 0.272 e. The minimum absolute atomic E-state index is 0.0901. The third kappa shape index (κ3) is 9.01. The lowest BCUT2D eigenvalue weighted by molar-refractivity contribution is -0.114. The zero-order valence-corrected chi connectivity index (χ0v) is 27.7. The van der Waals surface area contributed by atoms with Gasteiger partial charge in [0, 0.05) is 31.1 Å². The van der Waals surface area contributed by atoms with E-state index in [-0.39, 0.29) is 17.4 Å². The van der Waals surface area contributed by atoms with Crippen molar-refractivity contribution in [2.45, 2.75) is 18.7 Å². The molecule has 0 spiro atoms. The molecule has 0 aliphatic carbocycles. The van der Waals surface area contributed by atoms with E-state index >= 15 is 0 Å². The average molecular weight is 698 g/mol. The third-order valence-electron chi connectivity index (χ3n) is 6.54. The lowest BCUT2D eigenvalue weighted by Gasteiger charge is -2.12. The second-order valence-corrected chi connectivity index (χ2v) is 13.2. The number of halogens is 1. The normalized spacial score (nSPS) is 11.1. The molecule has 226 valence electrons. The fourth-order valence-corrected chi connectivity index (χ4v) is 6.13. The van der Waals surface area contributed by atoms with Gasteiger partial charge in [0.05, 0.1) is 11.4 Å². The van der Waals surface area contributed by atoms with E-state index in [2.05, 4.69) is 36.9 Å². The van der Waals surface area contributed by atoms with Gasteiger partial charge in [0.25, 0.3) is 11.8 Å². The molecule has 0 fully saturated rings. The molecule has 3 amide bonds. The van der Waals surface area contributed by atoms with Crippen LogP contribution in [-0.4, -0.2) is 28.5 Å². The van der Waals surface area contributed by atoms with Crippen LogP contribution in [0.4, 0.5) is 10.8 Å². The van der Waals surface area contributed by atoms with E-state index in [4.69, 9.17) is 0 Å². The van der Waals surface area contributed by atoms with Gasteiger partial charge in [-0.05, 0) is 68.0 Å². The lowest BCUT2D eigenvalue weighted by Crippen LogP contribution is -2.30. The number of carbonyl (C=O) groups is 3. The summed E-state index contributed by atoms with van der Waals surface area (Å²) in [7, 11) is 0. The highest BCUT2D eigenvalue weighted by molar-refractivity contribution is 9.10. The Bertz CT molecular complexity index is 1850. The number of aromatic nitrogens is 1. The van der Waals surface area contributed by atoms with E-state index in [0.717, 1.165) is 31.1 Å². The second-order valence-electron chi connectivity index (χ2n) is 10.0. The molecule has 10 heteroatoms. The number of nitrogens with zero attached hydrogens (tertiary/aromatic N) is 1. The summed E-state index contributed by atoms with van der Waals surface area (Å²) >= 11 is 6.20. The molecule has 0 aliphatic heterocycles. The minimum atomic E-state index is -0.481. The van der Waals surface area contributed by atoms with Gasteiger partial charge in [0.1, 0.15) is 5.70 Å². The van der Waals surface area contributed by atoms with Gasteiger partial charge in [-0.15, -0.1) is 23.1 Å². The van der Waals surface area contributed by atoms with Gasteiger partial charge in [0.15, 0.2) is 5.13 Å². The summed E-state index contributed by atoms with van der Waals surface area (Å²) in [5.74, 6) is -0.893. The lowest BCUT2D eigenvalue weighted by atomic mass is 10.1. The standard InChI is InChI=1S/C35H29BrN4O3S2/c1-22-11-15-25(16-12-22)32-23(2)45-35(40-32)39-31(41)21-44-29-10-6-9-28(20-29)37-34(43)30(19-24-13-17-27(36)18-14-24)38-33(42)26-7-4-3-5-8-26/h3-20H,21H2,1-2H3,(H,37,43)(H,38,42)(H,39,40,41)/b30-19-. The van der Waals surface area contributed by atoms with Crippen LogP contribution in [0.1, 0.15) is 26.4 Å². The number of rotatable bonds is 10. The van der Waals surface area contributed by atoms with Crippen molar-refractivity contribution in [2.24, 2.45) is 0 Å². The molecule has 5 rings (SSSR count). The molecule has 1 aromatic heterocycles. The quantitative estimate of drug-likeness (QED) is 0.101. The van der Waals surface area contributed by atoms with Crippen molar-refractivity contribution in [2.75, 3.05) is 16.4 Å². The summed E-state index contributed by atoms with van der Waals surface area (Å²) in [4.78, 5) is 45.5. The molecule has 0 bridgehead atoms. The first-order valence-corrected chi connectivity index (χ1v) is 16.6. The van der Waals surface area contributed by atoms with Crippen molar-refractivity contribution < 1.29 is 14.4 Å². The first-order valence-electron chi connectivity index (χ1n) is 14.0. The van der Waals surface area contributed by atoms with Gasteiger partial charge >= 0.3 is 0 Å². The predicted octanol–water partition coefficient (Wildman–Crippen LogP) is 8.33. The van der Waals surface area contributed by atoms with E-state index in [1.807, 2.05) is 74.5 Å². The Morgan fingerprint density at radius 2 is 1.60 bits per heavy atom. The predicted molar refractivity (Wildman–Crippen MR) is 187 cm³/mol. The molecule has 5 aromatic rings. The molecule has 0 unspecified atom stereocenters. The Hall–Kier alpha value is -4.51. The van der Waals surface area contributed by atoms with E-state index < -0.39 is 11.8 Å². The number of benzene rings is 4. The van der Waals surface area contributed by atoms with Crippen LogP contribution in [-0.2, 0) is 9.59 Å². The maximum absolute atomic E-state index is 13.4. The van der Waals surface area contributed by atoms with E-state index in [0.29, 0.717) is 16.4 Å². The van der Waals surface area contributed by atoms with Gasteiger partial charge in [-0.2, -0.15) is 0 Å². The molecule has 0 saturated carbocycles. The number of aryl methyl sites for hydroxylation is 2. The Morgan fingerprint density at radius 3 is 2.33 bits per heavy atom. The summed E-state index contributed by atoms with van der Waals surface area (Å²) in [6.07, 6.45) is 1.62. The molecule has 0 saturated heterocycles. The fraction of sp³-hybridized carbons (Fsp3) is 0.0857. The zero-order valence-electron chi connectivity index (χ0n) is 24.5. The SMILES string of the molecule is Cc1ccc(-c2nc(NC(=O)CSc3cccc(NC(=O)/C(=C/c4ccc(Br)cc4)NC(=O)c4ccccc4)c3)sc2C)cc1. The molecule has 1 heterocycles. The summed E-state index contributed by atoms with van der Waals surface area (Å²) in [6, 6.07) is 31.4. The molecule has 0 aliphatic rings. The van der Waals surface area contributed by atoms with Crippen molar-refractivity contribution in [3.63, 3.8) is 0 Å². The molecule has 7 nitrogen and oxygen atoms in total. The number of hydrogen-bond donors (Lipinski definition) is 3. The summed E-state index contributed by atoms with van der Waals surface area (Å²) in [6.45, 7) is 4.03. The highest BCUT2D eigenvalue weighted by Gasteiger charge is 2.16. The number of anilines is 2. The van der Waals surface area contributed by atoms with Crippen LogP contribution >= 0.6 is 39.0 Å². The van der Waals surface area contributed by atoms with E-state index in [1.54, 1.807) is 48.5 Å². The van der Waals surface area contributed by atoms with Crippen molar-refractivity contribution in [3.8, 4) is 11.3 Å². The number of thiazole rings is 1. The van der Waals surface area contributed by atoms with Gasteiger partial charge in [-0.3, -0.25) is 14.4 Å². The van der Waals surface area contributed by atoms with E-state index in [1.165, 1.54) is 28.7 Å². The Labute approximate surface area is 278 Å². The monoisotopic (exact) mass is 696 g/mol. The average Bonchev–Trinajstić information content (AvgIpc) is 3.41. The van der Waals surface area contributed by atoms with Gasteiger partial charge < -0.3 is 16.0 Å². The van der Waals surface area contributed by atoms with Gasteiger partial charge in [-0.25, -0.2) is 4.98 Å². The minimum Gasteiger partial charge on any atom is -0.321 e. The van der Waals surface area contributed by atoms with Gasteiger partial charge in [0.2, 0.25) is 5.91 Å². The first-order chi connectivity index (χ1) is 21.7. The molecular formula is C35H29BrN4O3S2. The van der Waals surface area contributed by atoms with Crippen molar-refractivity contribution >= 4 is 73.6 Å². The van der Waals surface area contributed by atoms with Crippen LogP contribution in [0.5, 0.6) is 0 Å². The largest absolute Gasteiger partial charge is 0.321 e. The summed E-state index contributed by atoms with van der Waals surface area (Å²) in [5.41, 5.74) is 4.84. The first kappa shape index (κ1) is 31.9. The molecule has 0 radical (unpaired) electrons. The van der Waals surface area contributed by atoms with Crippen LogP contribution < -0.4 is 16.0 Å². The summed E-state index contributed by atoms with van der Waals surface area (Å²) < 4.78 is 0.899. The van der Waals surface area contributed by atoms with Crippen molar-refractivity contribution in [3.05, 3.63) is 135 Å². The Balaban J connectivity index is 1.23. The molecule has 3 N–H and O–H groups in total. The highest BCUT2D eigenvalue weighted by atomic mass is 79.9. The molecular weight excluding hydrogens is 668 g/mol. The number of carbonyl (C=O) groups excluding carboxylic acids is 3. The van der Waals surface area contributed by atoms with E-state index in [9.17, 15) is 14.4 Å². The summed E-state index contributed by atoms with van der Waals surface area (Å²) in [5, 5.41) is 9.08.